The fourth-order valence-electron chi connectivity index (χ4n) is 1.81. The number of nitrogens with one attached hydrogen (secondary N) is 1. The summed E-state index contributed by atoms with van der Waals surface area (Å²) in [6.45, 7) is 0. The highest BCUT2D eigenvalue weighted by molar-refractivity contribution is 7.98. The van der Waals surface area contributed by atoms with E-state index in [1.165, 1.54) is 23.9 Å². The van der Waals surface area contributed by atoms with Gasteiger partial charge in [-0.1, -0.05) is 35.5 Å². The molecule has 0 aliphatic heterocycles. The standard InChI is InChI=1S/C14H10ClFN2S/c15-10-4-5-12-13(7-10)18-14(17-12)19-8-9-2-1-3-11(16)6-9/h1-7H,8H2,(H,17,18). The lowest BCUT2D eigenvalue weighted by Crippen LogP contribution is -1.83. The summed E-state index contributed by atoms with van der Waals surface area (Å²) >= 11 is 7.46. The molecule has 5 heteroatoms. The number of rotatable bonds is 3. The minimum absolute atomic E-state index is 0.213. The zero-order chi connectivity index (χ0) is 13.2. The van der Waals surface area contributed by atoms with E-state index < -0.39 is 0 Å². The Morgan fingerprint density at radius 3 is 2.95 bits per heavy atom. The Morgan fingerprint density at radius 1 is 1.21 bits per heavy atom. The highest BCUT2D eigenvalue weighted by Gasteiger charge is 2.04. The maximum Gasteiger partial charge on any atom is 0.166 e. The number of hydrogen-bond donors (Lipinski definition) is 1. The molecule has 0 amide bonds. The molecule has 0 saturated carbocycles. The molecule has 2 aromatic carbocycles. The second kappa shape index (κ2) is 5.23. The van der Waals surface area contributed by atoms with Crippen LogP contribution >= 0.6 is 23.4 Å². The summed E-state index contributed by atoms with van der Waals surface area (Å²) < 4.78 is 13.1. The molecule has 19 heavy (non-hydrogen) atoms. The van der Waals surface area contributed by atoms with Crippen LogP contribution in [0.3, 0.4) is 0 Å². The molecular formula is C14H10ClFN2S. The van der Waals surface area contributed by atoms with Gasteiger partial charge in [-0.3, -0.25) is 0 Å². The van der Waals surface area contributed by atoms with Crippen molar-refractivity contribution in [1.29, 1.82) is 0 Å². The van der Waals surface area contributed by atoms with E-state index in [1.54, 1.807) is 6.07 Å². The molecular weight excluding hydrogens is 283 g/mol. The molecule has 1 N–H and O–H groups in total. The van der Waals surface area contributed by atoms with Crippen molar-refractivity contribution in [2.24, 2.45) is 0 Å². The first-order chi connectivity index (χ1) is 9.20. The maximum atomic E-state index is 13.1. The number of H-pyrrole nitrogens is 1. The Kier molecular flexibility index (Phi) is 3.44. The number of benzene rings is 2. The molecule has 0 unspecified atom stereocenters. The van der Waals surface area contributed by atoms with E-state index in [0.717, 1.165) is 21.8 Å². The predicted molar refractivity (Wildman–Crippen MR) is 77.1 cm³/mol. The summed E-state index contributed by atoms with van der Waals surface area (Å²) in [4.78, 5) is 7.64. The van der Waals surface area contributed by atoms with Crippen molar-refractivity contribution in [3.63, 3.8) is 0 Å². The average molecular weight is 293 g/mol. The maximum absolute atomic E-state index is 13.1. The summed E-state index contributed by atoms with van der Waals surface area (Å²) in [5, 5.41) is 1.49. The van der Waals surface area contributed by atoms with E-state index >= 15 is 0 Å². The molecule has 0 aliphatic rings. The van der Waals surface area contributed by atoms with Gasteiger partial charge >= 0.3 is 0 Å². The summed E-state index contributed by atoms with van der Waals surface area (Å²) in [6, 6.07) is 12.1. The van der Waals surface area contributed by atoms with Crippen molar-refractivity contribution in [2.45, 2.75) is 10.9 Å². The second-order valence-electron chi connectivity index (χ2n) is 4.12. The quantitative estimate of drug-likeness (QED) is 0.712. The molecule has 96 valence electrons. The predicted octanol–water partition coefficient (Wildman–Crippen LogP) is 4.65. The van der Waals surface area contributed by atoms with Crippen LogP contribution in [-0.4, -0.2) is 9.97 Å². The van der Waals surface area contributed by atoms with E-state index in [9.17, 15) is 4.39 Å². The topological polar surface area (TPSA) is 28.7 Å². The molecule has 0 bridgehead atoms. The summed E-state index contributed by atoms with van der Waals surface area (Å²) in [5.41, 5.74) is 2.73. The first-order valence-electron chi connectivity index (χ1n) is 5.73. The minimum Gasteiger partial charge on any atom is -0.333 e. The van der Waals surface area contributed by atoms with Gasteiger partial charge in [0.15, 0.2) is 5.16 Å². The van der Waals surface area contributed by atoms with Gasteiger partial charge in [0.1, 0.15) is 5.82 Å². The number of fused-ring (bicyclic) bond motifs is 1. The van der Waals surface area contributed by atoms with Gasteiger partial charge in [-0.05, 0) is 35.9 Å². The van der Waals surface area contributed by atoms with Crippen LogP contribution in [0.1, 0.15) is 5.56 Å². The third-order valence-corrected chi connectivity index (χ3v) is 3.87. The van der Waals surface area contributed by atoms with Gasteiger partial charge in [0.2, 0.25) is 0 Å². The van der Waals surface area contributed by atoms with Gasteiger partial charge in [0, 0.05) is 10.8 Å². The van der Waals surface area contributed by atoms with E-state index in [2.05, 4.69) is 9.97 Å². The summed E-state index contributed by atoms with van der Waals surface area (Å²) in [7, 11) is 0. The molecule has 3 rings (SSSR count). The normalized spacial score (nSPS) is 11.1. The van der Waals surface area contributed by atoms with Crippen LogP contribution in [0.4, 0.5) is 4.39 Å². The summed E-state index contributed by atoms with van der Waals surface area (Å²) in [6.07, 6.45) is 0. The zero-order valence-electron chi connectivity index (χ0n) is 9.86. The second-order valence-corrected chi connectivity index (χ2v) is 5.52. The third-order valence-electron chi connectivity index (χ3n) is 2.69. The Hall–Kier alpha value is -1.52. The largest absolute Gasteiger partial charge is 0.333 e. The molecule has 2 nitrogen and oxygen atoms in total. The number of hydrogen-bond acceptors (Lipinski definition) is 2. The number of imidazole rings is 1. The Labute approximate surface area is 119 Å². The zero-order valence-corrected chi connectivity index (χ0v) is 11.4. The van der Waals surface area contributed by atoms with Crippen LogP contribution in [0.15, 0.2) is 47.6 Å². The number of nitrogens with zero attached hydrogens (tertiary/aromatic N) is 1. The van der Waals surface area contributed by atoms with Gasteiger partial charge in [-0.2, -0.15) is 0 Å². The van der Waals surface area contributed by atoms with Gasteiger partial charge < -0.3 is 4.98 Å². The van der Waals surface area contributed by atoms with E-state index in [-0.39, 0.29) is 5.82 Å². The highest BCUT2D eigenvalue weighted by Crippen LogP contribution is 2.24. The monoisotopic (exact) mass is 292 g/mol. The van der Waals surface area contributed by atoms with E-state index in [0.29, 0.717) is 10.8 Å². The van der Waals surface area contributed by atoms with Gasteiger partial charge in [0.25, 0.3) is 0 Å². The van der Waals surface area contributed by atoms with Crippen molar-refractivity contribution in [3.8, 4) is 0 Å². The van der Waals surface area contributed by atoms with Crippen LogP contribution in [0, 0.1) is 5.82 Å². The lowest BCUT2D eigenvalue weighted by Gasteiger charge is -1.98. The average Bonchev–Trinajstić information content (AvgIpc) is 2.78. The Bertz CT molecular complexity index is 726. The van der Waals surface area contributed by atoms with Gasteiger partial charge in [0.05, 0.1) is 11.0 Å². The molecule has 1 heterocycles. The van der Waals surface area contributed by atoms with Gasteiger partial charge in [-0.25, -0.2) is 9.37 Å². The van der Waals surface area contributed by atoms with E-state index in [1.807, 2.05) is 24.3 Å². The third kappa shape index (κ3) is 2.91. The first kappa shape index (κ1) is 12.5. The Morgan fingerprint density at radius 2 is 2.11 bits per heavy atom. The van der Waals surface area contributed by atoms with Crippen molar-refractivity contribution in [3.05, 3.63) is 58.9 Å². The van der Waals surface area contributed by atoms with Crippen molar-refractivity contribution in [1.82, 2.24) is 9.97 Å². The molecule has 3 aromatic rings. The lowest BCUT2D eigenvalue weighted by molar-refractivity contribution is 0.626. The molecule has 0 atom stereocenters. The fourth-order valence-corrected chi connectivity index (χ4v) is 2.81. The highest BCUT2D eigenvalue weighted by atomic mass is 35.5. The van der Waals surface area contributed by atoms with Crippen LogP contribution in [0.5, 0.6) is 0 Å². The fraction of sp³-hybridized carbons (Fsp3) is 0.0714. The molecule has 0 aliphatic carbocycles. The molecule has 0 fully saturated rings. The lowest BCUT2D eigenvalue weighted by atomic mass is 10.2. The SMILES string of the molecule is Fc1cccc(CSc2nc3ccc(Cl)cc3[nH]2)c1. The van der Waals surface area contributed by atoms with Crippen LogP contribution in [0.2, 0.25) is 5.02 Å². The van der Waals surface area contributed by atoms with E-state index in [4.69, 9.17) is 11.6 Å². The van der Waals surface area contributed by atoms with Gasteiger partial charge in [-0.15, -0.1) is 0 Å². The van der Waals surface area contributed by atoms with Crippen molar-refractivity contribution >= 4 is 34.4 Å². The number of thioether (sulfide) groups is 1. The van der Waals surface area contributed by atoms with Crippen LogP contribution < -0.4 is 0 Å². The number of aromatic amines is 1. The number of aromatic nitrogens is 2. The van der Waals surface area contributed by atoms with Crippen molar-refractivity contribution < 1.29 is 4.39 Å². The van der Waals surface area contributed by atoms with Crippen LogP contribution in [-0.2, 0) is 5.75 Å². The first-order valence-corrected chi connectivity index (χ1v) is 7.09. The molecule has 0 saturated heterocycles. The minimum atomic E-state index is -0.213. The van der Waals surface area contributed by atoms with Crippen molar-refractivity contribution in [2.75, 3.05) is 0 Å². The smallest absolute Gasteiger partial charge is 0.166 e. The molecule has 0 radical (unpaired) electrons. The molecule has 1 aromatic heterocycles. The Balaban J connectivity index is 1.78. The summed E-state index contributed by atoms with van der Waals surface area (Å²) in [5.74, 6) is 0.459. The molecule has 0 spiro atoms. The van der Waals surface area contributed by atoms with Crippen LogP contribution in [0.25, 0.3) is 11.0 Å². The number of halogens is 2.